The number of benzene rings is 4. The summed E-state index contributed by atoms with van der Waals surface area (Å²) in [5.41, 5.74) is 3.08. The van der Waals surface area contributed by atoms with Crippen LogP contribution in [0.25, 0.3) is 22.1 Å². The zero-order valence-electron chi connectivity index (χ0n) is 21.5. The van der Waals surface area contributed by atoms with E-state index < -0.39 is 25.7 Å². The molecule has 0 amide bonds. The van der Waals surface area contributed by atoms with Crippen LogP contribution in [0.15, 0.2) is 116 Å². The molecule has 0 saturated heterocycles. The summed E-state index contributed by atoms with van der Waals surface area (Å²) >= 11 is 0. The van der Waals surface area contributed by atoms with Gasteiger partial charge in [-0.2, -0.15) is 3.71 Å². The van der Waals surface area contributed by atoms with Crippen LogP contribution in [0.5, 0.6) is 0 Å². The van der Waals surface area contributed by atoms with E-state index in [2.05, 4.69) is 0 Å². The van der Waals surface area contributed by atoms with Crippen molar-refractivity contribution < 1.29 is 21.3 Å². The summed E-state index contributed by atoms with van der Waals surface area (Å²) in [6.07, 6.45) is 0. The molecule has 0 radical (unpaired) electrons. The van der Waals surface area contributed by atoms with Crippen molar-refractivity contribution in [2.24, 2.45) is 0 Å². The van der Waals surface area contributed by atoms with Crippen LogP contribution in [0, 0.1) is 20.8 Å². The van der Waals surface area contributed by atoms with Crippen molar-refractivity contribution in [1.29, 1.82) is 0 Å². The number of aryl methyl sites for hydroxylation is 3. The van der Waals surface area contributed by atoms with Crippen LogP contribution < -0.4 is 9.34 Å². The minimum absolute atomic E-state index is 0.118. The monoisotopic (exact) mass is 559 g/mol. The van der Waals surface area contributed by atoms with Gasteiger partial charge in [-0.3, -0.25) is 0 Å². The van der Waals surface area contributed by atoms with Gasteiger partial charge in [0.15, 0.2) is 0 Å². The third-order valence-electron chi connectivity index (χ3n) is 6.36. The Bertz CT molecular complexity index is 1880. The summed E-state index contributed by atoms with van der Waals surface area (Å²) in [5.74, 6) is 0. The van der Waals surface area contributed by atoms with Crippen LogP contribution in [0.2, 0.25) is 0 Å². The van der Waals surface area contributed by atoms with Gasteiger partial charge in [-0.25, -0.2) is 21.6 Å². The molecule has 0 atom stereocenters. The zero-order chi connectivity index (χ0) is 27.9. The summed E-state index contributed by atoms with van der Waals surface area (Å²) in [6, 6.07) is 24.9. The summed E-state index contributed by atoms with van der Waals surface area (Å²) in [5, 5.41) is 0.367. The molecule has 0 aliphatic heterocycles. The lowest BCUT2D eigenvalue weighted by Crippen LogP contribution is -2.37. The minimum Gasteiger partial charge on any atom is -0.422 e. The van der Waals surface area contributed by atoms with E-state index in [4.69, 9.17) is 4.42 Å². The number of rotatable bonds is 6. The molecular weight excluding hydrogens is 534 g/mol. The lowest BCUT2D eigenvalue weighted by atomic mass is 10.0. The summed E-state index contributed by atoms with van der Waals surface area (Å²) in [7, 11) is -9.16. The number of sulfonamides is 2. The van der Waals surface area contributed by atoms with Gasteiger partial charge in [0.25, 0.3) is 20.0 Å². The Kier molecular flexibility index (Phi) is 6.65. The first-order chi connectivity index (χ1) is 18.5. The van der Waals surface area contributed by atoms with E-state index in [1.165, 1.54) is 42.5 Å². The van der Waals surface area contributed by atoms with Crippen molar-refractivity contribution in [3.8, 4) is 11.1 Å². The van der Waals surface area contributed by atoms with Crippen LogP contribution in [0.1, 0.15) is 16.7 Å². The van der Waals surface area contributed by atoms with Gasteiger partial charge < -0.3 is 4.42 Å². The van der Waals surface area contributed by atoms with E-state index in [0.717, 1.165) is 16.7 Å². The van der Waals surface area contributed by atoms with Crippen molar-refractivity contribution in [3.05, 3.63) is 124 Å². The highest BCUT2D eigenvalue weighted by Gasteiger charge is 2.37. The molecule has 9 heteroatoms. The normalized spacial score (nSPS) is 12.0. The van der Waals surface area contributed by atoms with Crippen LogP contribution >= 0.6 is 0 Å². The van der Waals surface area contributed by atoms with E-state index in [1.54, 1.807) is 56.3 Å². The highest BCUT2D eigenvalue weighted by molar-refractivity contribution is 8.10. The van der Waals surface area contributed by atoms with Gasteiger partial charge >= 0.3 is 5.63 Å². The largest absolute Gasteiger partial charge is 0.422 e. The SMILES string of the molecule is Cc1ccc(-c2cc3cc(N(S(=O)(=O)c4ccc(C)cc4)S(=O)(=O)c4ccc(C)cc4)ccc3oc2=O)cc1. The number of anilines is 1. The van der Waals surface area contributed by atoms with Gasteiger partial charge in [-0.1, -0.05) is 65.2 Å². The van der Waals surface area contributed by atoms with Gasteiger partial charge in [0.2, 0.25) is 0 Å². The fourth-order valence-electron chi connectivity index (χ4n) is 4.18. The topological polar surface area (TPSA) is 102 Å². The molecular formula is C30H25NO6S2. The van der Waals surface area contributed by atoms with Crippen LogP contribution in [0.4, 0.5) is 5.69 Å². The Morgan fingerprint density at radius 1 is 0.590 bits per heavy atom. The second-order valence-corrected chi connectivity index (χ2v) is 13.2. The second-order valence-electron chi connectivity index (χ2n) is 9.37. The van der Waals surface area contributed by atoms with Gasteiger partial charge in [0.05, 0.1) is 21.0 Å². The van der Waals surface area contributed by atoms with Crippen molar-refractivity contribution in [2.45, 2.75) is 30.6 Å². The molecule has 0 spiro atoms. The molecule has 5 aromatic rings. The maximum atomic E-state index is 13.9. The molecule has 0 fully saturated rings. The number of hydrogen-bond acceptors (Lipinski definition) is 6. The van der Waals surface area contributed by atoms with E-state index in [1.807, 2.05) is 19.1 Å². The van der Waals surface area contributed by atoms with Crippen molar-refractivity contribution >= 4 is 36.7 Å². The highest BCUT2D eigenvalue weighted by Crippen LogP contribution is 2.34. The molecule has 0 unspecified atom stereocenters. The van der Waals surface area contributed by atoms with Crippen LogP contribution in [0.3, 0.4) is 0 Å². The molecule has 4 aromatic carbocycles. The molecule has 0 bridgehead atoms. The standard InChI is InChI=1S/C30H25NO6S2/c1-20-4-10-23(11-5-20)28-19-24-18-25(12-17-29(24)37-30(28)32)31(38(33,34)26-13-6-21(2)7-14-26)39(35,36)27-15-8-22(3)9-16-27/h4-19H,1-3H3. The van der Waals surface area contributed by atoms with E-state index in [0.29, 0.717) is 14.7 Å². The first kappa shape index (κ1) is 26.4. The van der Waals surface area contributed by atoms with E-state index in [9.17, 15) is 21.6 Å². The molecule has 1 aromatic heterocycles. The van der Waals surface area contributed by atoms with Crippen molar-refractivity contribution in [2.75, 3.05) is 3.71 Å². The quantitative estimate of drug-likeness (QED) is 0.238. The molecule has 39 heavy (non-hydrogen) atoms. The fourth-order valence-corrected chi connectivity index (χ4v) is 7.85. The van der Waals surface area contributed by atoms with E-state index in [-0.39, 0.29) is 26.6 Å². The predicted molar refractivity (Wildman–Crippen MR) is 152 cm³/mol. The Morgan fingerprint density at radius 2 is 1.05 bits per heavy atom. The average molecular weight is 560 g/mol. The highest BCUT2D eigenvalue weighted by atomic mass is 32.3. The maximum Gasteiger partial charge on any atom is 0.344 e. The Balaban J connectivity index is 1.74. The average Bonchev–Trinajstić information content (AvgIpc) is 2.89. The van der Waals surface area contributed by atoms with Gasteiger partial charge in [0, 0.05) is 5.39 Å². The number of nitrogens with zero attached hydrogens (tertiary/aromatic N) is 1. The smallest absolute Gasteiger partial charge is 0.344 e. The molecule has 0 aliphatic rings. The van der Waals surface area contributed by atoms with E-state index >= 15 is 0 Å². The molecule has 7 nitrogen and oxygen atoms in total. The maximum absolute atomic E-state index is 13.9. The molecule has 0 saturated carbocycles. The molecule has 5 rings (SSSR count). The Morgan fingerprint density at radius 3 is 1.54 bits per heavy atom. The third-order valence-corrected chi connectivity index (χ3v) is 10.6. The molecule has 0 N–H and O–H groups in total. The molecule has 1 heterocycles. The Hall–Kier alpha value is -4.21. The lowest BCUT2D eigenvalue weighted by Gasteiger charge is -2.24. The molecule has 198 valence electrons. The third kappa shape index (κ3) is 4.98. The van der Waals surface area contributed by atoms with Gasteiger partial charge in [-0.05, 0) is 74.9 Å². The summed E-state index contributed by atoms with van der Waals surface area (Å²) in [4.78, 5) is 12.4. The second kappa shape index (κ2) is 9.83. The first-order valence-electron chi connectivity index (χ1n) is 12.1. The fraction of sp³-hybridized carbons (Fsp3) is 0.100. The lowest BCUT2D eigenvalue weighted by molar-refractivity contribution is 0.563. The summed E-state index contributed by atoms with van der Waals surface area (Å²) < 4.78 is 61.6. The van der Waals surface area contributed by atoms with Gasteiger partial charge in [0.1, 0.15) is 5.58 Å². The van der Waals surface area contributed by atoms with Crippen molar-refractivity contribution in [3.63, 3.8) is 0 Å². The van der Waals surface area contributed by atoms with Gasteiger partial charge in [-0.15, -0.1) is 0 Å². The van der Waals surface area contributed by atoms with Crippen LogP contribution in [-0.4, -0.2) is 16.8 Å². The van der Waals surface area contributed by atoms with Crippen molar-refractivity contribution in [1.82, 2.24) is 0 Å². The Labute approximate surface area is 227 Å². The molecule has 0 aliphatic carbocycles. The zero-order valence-corrected chi connectivity index (χ0v) is 23.1. The van der Waals surface area contributed by atoms with Crippen LogP contribution in [-0.2, 0) is 20.0 Å². The summed E-state index contributed by atoms with van der Waals surface area (Å²) in [6.45, 7) is 5.54. The predicted octanol–water partition coefficient (Wildman–Crippen LogP) is 5.97. The minimum atomic E-state index is -4.58. The number of hydrogen-bond donors (Lipinski definition) is 0. The number of fused-ring (bicyclic) bond motifs is 1. The first-order valence-corrected chi connectivity index (χ1v) is 14.9.